The van der Waals surface area contributed by atoms with Gasteiger partial charge in [0, 0.05) is 25.3 Å². The van der Waals surface area contributed by atoms with Crippen molar-refractivity contribution in [1.29, 1.82) is 0 Å². The van der Waals surface area contributed by atoms with Gasteiger partial charge in [0.15, 0.2) is 6.29 Å². The zero-order chi connectivity index (χ0) is 27.0. The first kappa shape index (κ1) is 29.2. The molecule has 0 bridgehead atoms. The van der Waals surface area contributed by atoms with Crippen LogP contribution in [0, 0.1) is 5.92 Å². The van der Waals surface area contributed by atoms with E-state index in [1.54, 1.807) is 0 Å². The standard InChI is InChI=1S/C22H30O14/c1-10(23)32-6-5-12-13(7-16(25)30-3)14(20(29)31-4)8-34-21(12)36-22-19(28)18(27)17(26)15(35-22)9-33-11(2)24/h5,8,13,15,17-19,21-22,26-28H,6-7,9H2,1-4H3/b12-5+/t13?,15-,17+,18+,19-,21+,22+/m1/s1. The highest BCUT2D eigenvalue weighted by Crippen LogP contribution is 2.36. The first-order valence-electron chi connectivity index (χ1n) is 10.8. The summed E-state index contributed by atoms with van der Waals surface area (Å²) >= 11 is 0. The zero-order valence-corrected chi connectivity index (χ0v) is 20.1. The summed E-state index contributed by atoms with van der Waals surface area (Å²) in [6.07, 6.45) is -7.42. The van der Waals surface area contributed by atoms with Crippen molar-refractivity contribution in [2.75, 3.05) is 27.4 Å². The molecule has 1 unspecified atom stereocenters. The Hall–Kier alpha value is -3.04. The van der Waals surface area contributed by atoms with E-state index in [1.807, 2.05) is 0 Å². The molecular formula is C22H30O14. The second-order valence-corrected chi connectivity index (χ2v) is 7.83. The summed E-state index contributed by atoms with van der Waals surface area (Å²) in [6.45, 7) is 1.58. The maximum Gasteiger partial charge on any atom is 0.337 e. The first-order chi connectivity index (χ1) is 17.0. The highest BCUT2D eigenvalue weighted by molar-refractivity contribution is 5.90. The van der Waals surface area contributed by atoms with Gasteiger partial charge in [0.05, 0.1) is 32.5 Å². The Morgan fingerprint density at radius 1 is 0.972 bits per heavy atom. The summed E-state index contributed by atoms with van der Waals surface area (Å²) < 4.78 is 35.9. The van der Waals surface area contributed by atoms with E-state index in [-0.39, 0.29) is 24.2 Å². The van der Waals surface area contributed by atoms with Crippen molar-refractivity contribution in [3.05, 3.63) is 23.5 Å². The van der Waals surface area contributed by atoms with Gasteiger partial charge >= 0.3 is 23.9 Å². The quantitative estimate of drug-likeness (QED) is 0.180. The highest BCUT2D eigenvalue weighted by Gasteiger charge is 2.47. The SMILES string of the molecule is COC(=O)CC1C(C(=O)OC)=CO[C@@H](O[C@@H]2O[C@H](COC(C)=O)[C@H](O)[C@H](O)[C@H]2O)/C1=C/COC(C)=O. The molecule has 14 heteroatoms. The van der Waals surface area contributed by atoms with Gasteiger partial charge < -0.3 is 48.5 Å². The molecule has 0 radical (unpaired) electrons. The summed E-state index contributed by atoms with van der Waals surface area (Å²) in [7, 11) is 2.28. The molecule has 0 amide bonds. The Kier molecular flexibility index (Phi) is 10.8. The number of carbonyl (C=O) groups excluding carboxylic acids is 4. The second kappa shape index (κ2) is 13.3. The molecule has 2 aliphatic rings. The molecule has 0 aromatic heterocycles. The third-order valence-corrected chi connectivity index (χ3v) is 5.37. The molecular weight excluding hydrogens is 488 g/mol. The van der Waals surface area contributed by atoms with Crippen LogP contribution in [0.25, 0.3) is 0 Å². The van der Waals surface area contributed by atoms with Crippen molar-refractivity contribution in [3.63, 3.8) is 0 Å². The minimum atomic E-state index is -1.77. The van der Waals surface area contributed by atoms with E-state index >= 15 is 0 Å². The average Bonchev–Trinajstić information content (AvgIpc) is 2.84. The molecule has 1 fully saturated rings. The van der Waals surface area contributed by atoms with Crippen molar-refractivity contribution >= 4 is 23.9 Å². The van der Waals surface area contributed by atoms with Gasteiger partial charge in [-0.2, -0.15) is 0 Å². The van der Waals surface area contributed by atoms with Crippen LogP contribution < -0.4 is 0 Å². The predicted octanol–water partition coefficient (Wildman–Crippen LogP) is -1.54. The van der Waals surface area contributed by atoms with Crippen molar-refractivity contribution < 1.29 is 67.7 Å². The topological polar surface area (TPSA) is 194 Å². The summed E-state index contributed by atoms with van der Waals surface area (Å²) in [5.74, 6) is -3.78. The Bertz CT molecular complexity index is 880. The van der Waals surface area contributed by atoms with Crippen LogP contribution in [-0.4, -0.2) is 104 Å². The van der Waals surface area contributed by atoms with E-state index < -0.39 is 73.4 Å². The minimum Gasteiger partial charge on any atom is -0.469 e. The molecule has 0 aliphatic carbocycles. The highest BCUT2D eigenvalue weighted by atomic mass is 16.8. The van der Waals surface area contributed by atoms with Crippen LogP contribution >= 0.6 is 0 Å². The number of esters is 4. The number of aliphatic hydroxyl groups excluding tert-OH is 3. The number of rotatable bonds is 9. The van der Waals surface area contributed by atoms with E-state index in [0.29, 0.717) is 0 Å². The molecule has 3 N–H and O–H groups in total. The Morgan fingerprint density at radius 3 is 2.22 bits per heavy atom. The molecule has 0 spiro atoms. The smallest absolute Gasteiger partial charge is 0.337 e. The lowest BCUT2D eigenvalue weighted by molar-refractivity contribution is -0.328. The first-order valence-corrected chi connectivity index (χ1v) is 10.8. The Labute approximate surface area is 206 Å². The van der Waals surface area contributed by atoms with Crippen molar-refractivity contribution in [2.24, 2.45) is 5.92 Å². The lowest BCUT2D eigenvalue weighted by atomic mass is 9.86. The molecule has 7 atom stereocenters. The number of methoxy groups -OCH3 is 2. The van der Waals surface area contributed by atoms with Gasteiger partial charge in [-0.15, -0.1) is 0 Å². The monoisotopic (exact) mass is 518 g/mol. The summed E-state index contributed by atoms with van der Waals surface area (Å²) in [5, 5.41) is 30.8. The van der Waals surface area contributed by atoms with Crippen LogP contribution in [0.5, 0.6) is 0 Å². The van der Waals surface area contributed by atoms with E-state index in [1.165, 1.54) is 13.0 Å². The van der Waals surface area contributed by atoms with E-state index in [4.69, 9.17) is 33.2 Å². The number of hydrogen-bond donors (Lipinski definition) is 3. The lowest BCUT2D eigenvalue weighted by Crippen LogP contribution is -2.60. The molecule has 2 rings (SSSR count). The fourth-order valence-corrected chi connectivity index (χ4v) is 3.52. The maximum atomic E-state index is 12.3. The number of aliphatic hydroxyl groups is 3. The van der Waals surface area contributed by atoms with Gasteiger partial charge in [0.25, 0.3) is 0 Å². The molecule has 0 aromatic rings. The Balaban J connectivity index is 2.38. The molecule has 2 aliphatic heterocycles. The summed E-state index contributed by atoms with van der Waals surface area (Å²) in [4.78, 5) is 46.8. The van der Waals surface area contributed by atoms with E-state index in [0.717, 1.165) is 27.4 Å². The zero-order valence-electron chi connectivity index (χ0n) is 20.1. The number of hydrogen-bond acceptors (Lipinski definition) is 14. The third kappa shape index (κ3) is 7.48. The predicted molar refractivity (Wildman–Crippen MR) is 114 cm³/mol. The van der Waals surface area contributed by atoms with E-state index in [9.17, 15) is 34.5 Å². The molecule has 2 heterocycles. The fraction of sp³-hybridized carbons (Fsp3) is 0.636. The maximum absolute atomic E-state index is 12.3. The molecule has 0 saturated carbocycles. The van der Waals surface area contributed by atoms with Crippen molar-refractivity contribution in [3.8, 4) is 0 Å². The second-order valence-electron chi connectivity index (χ2n) is 7.83. The molecule has 1 saturated heterocycles. The lowest BCUT2D eigenvalue weighted by Gasteiger charge is -2.42. The number of carbonyl (C=O) groups is 4. The van der Waals surface area contributed by atoms with Crippen LogP contribution in [-0.2, 0) is 52.3 Å². The summed E-state index contributed by atoms with van der Waals surface area (Å²) in [5.41, 5.74) is 0.0580. The molecule has 36 heavy (non-hydrogen) atoms. The van der Waals surface area contributed by atoms with Crippen LogP contribution in [0.1, 0.15) is 20.3 Å². The fourth-order valence-electron chi connectivity index (χ4n) is 3.52. The van der Waals surface area contributed by atoms with Crippen LogP contribution in [0.2, 0.25) is 0 Å². The van der Waals surface area contributed by atoms with Crippen molar-refractivity contribution in [2.45, 2.75) is 57.3 Å². The third-order valence-electron chi connectivity index (χ3n) is 5.37. The van der Waals surface area contributed by atoms with Crippen molar-refractivity contribution in [1.82, 2.24) is 0 Å². The van der Waals surface area contributed by atoms with Gasteiger partial charge in [-0.3, -0.25) is 14.4 Å². The minimum absolute atomic E-state index is 0.0647. The average molecular weight is 518 g/mol. The normalized spacial score (nSPS) is 31.0. The molecule has 202 valence electrons. The molecule has 0 aromatic carbocycles. The van der Waals surface area contributed by atoms with E-state index in [2.05, 4.69) is 0 Å². The summed E-state index contributed by atoms with van der Waals surface area (Å²) in [6, 6.07) is 0. The number of ether oxygens (including phenoxy) is 7. The Morgan fingerprint density at radius 2 is 1.64 bits per heavy atom. The van der Waals surface area contributed by atoms with Gasteiger partial charge in [-0.25, -0.2) is 4.79 Å². The van der Waals surface area contributed by atoms with Gasteiger partial charge in [-0.1, -0.05) is 0 Å². The molecule has 14 nitrogen and oxygen atoms in total. The van der Waals surface area contributed by atoms with Gasteiger partial charge in [-0.05, 0) is 6.08 Å². The van der Waals surface area contributed by atoms with Gasteiger partial charge in [0.2, 0.25) is 6.29 Å². The van der Waals surface area contributed by atoms with Gasteiger partial charge in [0.1, 0.15) is 37.6 Å². The van der Waals surface area contributed by atoms with Crippen LogP contribution in [0.4, 0.5) is 0 Å². The largest absolute Gasteiger partial charge is 0.469 e. The van der Waals surface area contributed by atoms with Crippen LogP contribution in [0.3, 0.4) is 0 Å². The van der Waals surface area contributed by atoms with Crippen LogP contribution in [0.15, 0.2) is 23.5 Å².